The van der Waals surface area contributed by atoms with Crippen molar-refractivity contribution in [2.75, 3.05) is 0 Å². The minimum atomic E-state index is -3.00. The Hall–Kier alpha value is -3.59. The molecule has 1 atom stereocenters. The van der Waals surface area contributed by atoms with Crippen LogP contribution in [0, 0.1) is 16.7 Å². The Morgan fingerprint density at radius 3 is 2.70 bits per heavy atom. The predicted octanol–water partition coefficient (Wildman–Crippen LogP) is 4.92. The van der Waals surface area contributed by atoms with Gasteiger partial charge in [0.1, 0.15) is 17.2 Å². The van der Waals surface area contributed by atoms with Crippen molar-refractivity contribution in [2.45, 2.75) is 57.3 Å². The number of aromatic nitrogens is 1. The highest BCUT2D eigenvalue weighted by Crippen LogP contribution is 2.48. The number of carbonyl (C=O) groups excluding carboxylic acids is 2. The minimum absolute atomic E-state index is 0.0670. The van der Waals surface area contributed by atoms with Gasteiger partial charge in [-0.3, -0.25) is 9.78 Å². The van der Waals surface area contributed by atoms with Crippen molar-refractivity contribution >= 4 is 33.6 Å². The molecule has 4 rings (SSSR count). The monoisotopic (exact) mass is 575 g/mol. The van der Waals surface area contributed by atoms with Gasteiger partial charge < -0.3 is 14.8 Å². The maximum Gasteiger partial charge on any atom is 0.428 e. The van der Waals surface area contributed by atoms with Gasteiger partial charge in [0.25, 0.3) is 5.91 Å². The van der Waals surface area contributed by atoms with E-state index in [0.29, 0.717) is 35.0 Å². The highest BCUT2D eigenvalue weighted by Gasteiger charge is 2.51. The van der Waals surface area contributed by atoms with Gasteiger partial charge in [-0.1, -0.05) is 22.0 Å². The molecule has 12 heteroatoms. The quantitative estimate of drug-likeness (QED) is 0.482. The van der Waals surface area contributed by atoms with E-state index in [0.717, 1.165) is 0 Å². The number of nitriles is 1. The van der Waals surface area contributed by atoms with E-state index in [-0.39, 0.29) is 36.2 Å². The Kier molecular flexibility index (Phi) is 7.73. The number of nitrogens with zero attached hydrogens (tertiary/aromatic N) is 3. The van der Waals surface area contributed by atoms with Gasteiger partial charge in [-0.15, -0.1) is 0 Å². The number of amides is 2. The summed E-state index contributed by atoms with van der Waals surface area (Å²) in [5.41, 5.74) is 1.42. The van der Waals surface area contributed by atoms with Gasteiger partial charge in [-0.05, 0) is 69.4 Å². The number of benzene rings is 1. The first kappa shape index (κ1) is 26.5. The van der Waals surface area contributed by atoms with Gasteiger partial charge in [0.2, 0.25) is 0 Å². The summed E-state index contributed by atoms with van der Waals surface area (Å²) >= 11 is 3.42. The summed E-state index contributed by atoms with van der Waals surface area (Å²) in [4.78, 5) is 28.7. The molecule has 1 aliphatic heterocycles. The van der Waals surface area contributed by atoms with Crippen LogP contribution in [0.2, 0.25) is 0 Å². The third kappa shape index (κ3) is 5.88. The lowest BCUT2D eigenvalue weighted by atomic mass is 9.65. The predicted molar refractivity (Wildman–Crippen MR) is 132 cm³/mol. The molecule has 1 aromatic heterocycles. The smallest absolute Gasteiger partial charge is 0.428 e. The first-order valence-corrected chi connectivity index (χ1v) is 12.4. The highest BCUT2D eigenvalue weighted by molar-refractivity contribution is 9.10. The molecule has 2 aromatic rings. The molecule has 1 aliphatic carbocycles. The van der Waals surface area contributed by atoms with Crippen molar-refractivity contribution in [2.24, 2.45) is 10.5 Å². The average molecular weight is 576 g/mol. The fourth-order valence-electron chi connectivity index (χ4n) is 4.88. The third-order valence-corrected chi connectivity index (χ3v) is 7.31. The molecule has 0 saturated heterocycles. The summed E-state index contributed by atoms with van der Waals surface area (Å²) < 4.78 is 36.4. The summed E-state index contributed by atoms with van der Waals surface area (Å²) in [7, 11) is 0. The lowest BCUT2D eigenvalue weighted by Crippen LogP contribution is -2.54. The molecule has 1 spiro atoms. The largest absolute Gasteiger partial charge is 0.435 e. The lowest BCUT2D eigenvalue weighted by molar-refractivity contribution is -0.0498. The summed E-state index contributed by atoms with van der Waals surface area (Å²) in [5, 5.41) is 17.2. The van der Waals surface area contributed by atoms with E-state index >= 15 is 0 Å². The third-order valence-electron chi connectivity index (χ3n) is 6.62. The van der Waals surface area contributed by atoms with Crippen LogP contribution in [-0.4, -0.2) is 41.0 Å². The maximum atomic E-state index is 12.8. The number of carbonyl (C=O) groups is 2. The van der Waals surface area contributed by atoms with Gasteiger partial charge in [-0.25, -0.2) is 10.2 Å². The summed E-state index contributed by atoms with van der Waals surface area (Å²) in [5.74, 6) is -0.395. The zero-order chi connectivity index (χ0) is 26.6. The van der Waals surface area contributed by atoms with E-state index < -0.39 is 23.7 Å². The fraction of sp³-hybridized carbons (Fsp3) is 0.400. The van der Waals surface area contributed by atoms with Gasteiger partial charge in [0, 0.05) is 22.3 Å². The molecule has 1 saturated carbocycles. The fourth-order valence-corrected chi connectivity index (χ4v) is 5.32. The van der Waals surface area contributed by atoms with E-state index in [1.807, 2.05) is 6.92 Å². The topological polar surface area (TPSA) is 126 Å². The van der Waals surface area contributed by atoms with E-state index in [4.69, 9.17) is 4.74 Å². The molecule has 1 aromatic carbocycles. The molecule has 0 radical (unpaired) electrons. The zero-order valence-electron chi connectivity index (χ0n) is 19.8. The number of rotatable bonds is 7. The molecule has 0 unspecified atom stereocenters. The summed E-state index contributed by atoms with van der Waals surface area (Å²) in [6, 6.07) is 11.5. The van der Waals surface area contributed by atoms with Crippen molar-refractivity contribution < 1.29 is 27.8 Å². The van der Waals surface area contributed by atoms with Crippen LogP contribution < -0.4 is 15.5 Å². The number of ether oxygens (including phenoxy) is 2. The molecular formula is C25H24BrF2N5O4. The molecular weight excluding hydrogens is 552 g/mol. The zero-order valence-corrected chi connectivity index (χ0v) is 21.4. The number of hydrogen-bond donors (Lipinski definition) is 2. The number of hydrazone groups is 1. The molecule has 2 amide bonds. The maximum absolute atomic E-state index is 12.8. The number of pyridine rings is 1. The second-order valence-electron chi connectivity index (χ2n) is 9.16. The lowest BCUT2D eigenvalue weighted by Gasteiger charge is -2.45. The second kappa shape index (κ2) is 10.8. The first-order chi connectivity index (χ1) is 17.7. The van der Waals surface area contributed by atoms with Crippen LogP contribution in [0.4, 0.5) is 13.6 Å². The van der Waals surface area contributed by atoms with Crippen LogP contribution in [0.25, 0.3) is 0 Å². The van der Waals surface area contributed by atoms with Crippen LogP contribution in [0.5, 0.6) is 5.75 Å². The van der Waals surface area contributed by atoms with Gasteiger partial charge in [0.15, 0.2) is 5.60 Å². The van der Waals surface area contributed by atoms with Crippen LogP contribution >= 0.6 is 15.9 Å². The molecule has 1 fully saturated rings. The van der Waals surface area contributed by atoms with Crippen LogP contribution in [-0.2, 0) is 4.74 Å². The van der Waals surface area contributed by atoms with Crippen molar-refractivity contribution in [3.63, 3.8) is 0 Å². The Labute approximate surface area is 220 Å². The molecule has 9 nitrogen and oxygen atoms in total. The first-order valence-electron chi connectivity index (χ1n) is 11.6. The van der Waals surface area contributed by atoms with Crippen molar-refractivity contribution in [3.05, 3.63) is 58.3 Å². The molecule has 2 aliphatic rings. The van der Waals surface area contributed by atoms with Gasteiger partial charge >= 0.3 is 12.7 Å². The number of alkyl halides is 2. The molecule has 37 heavy (non-hydrogen) atoms. The number of nitrogens with one attached hydrogen (secondary N) is 2. The van der Waals surface area contributed by atoms with E-state index in [2.05, 4.69) is 47.6 Å². The Morgan fingerprint density at radius 1 is 1.30 bits per heavy atom. The number of hydrogen-bond acceptors (Lipinski definition) is 7. The normalized spacial score (nSPS) is 23.9. The summed E-state index contributed by atoms with van der Waals surface area (Å²) in [6.07, 6.45) is 2.47. The van der Waals surface area contributed by atoms with Crippen LogP contribution in [0.3, 0.4) is 0 Å². The second-order valence-corrected chi connectivity index (χ2v) is 10.0. The van der Waals surface area contributed by atoms with Gasteiger partial charge in [0.05, 0.1) is 11.5 Å². The Balaban J connectivity index is 1.52. The van der Waals surface area contributed by atoms with Crippen LogP contribution in [0.15, 0.2) is 52.2 Å². The highest BCUT2D eigenvalue weighted by atomic mass is 79.9. The van der Waals surface area contributed by atoms with E-state index in [1.165, 1.54) is 18.3 Å². The van der Waals surface area contributed by atoms with E-state index in [1.54, 1.807) is 24.3 Å². The number of halogens is 3. The van der Waals surface area contributed by atoms with Crippen LogP contribution in [0.1, 0.15) is 55.1 Å². The Morgan fingerprint density at radius 2 is 2.05 bits per heavy atom. The van der Waals surface area contributed by atoms with Crippen molar-refractivity contribution in [3.8, 4) is 11.8 Å². The molecule has 194 valence electrons. The molecule has 2 N–H and O–H groups in total. The van der Waals surface area contributed by atoms with Gasteiger partial charge in [-0.2, -0.15) is 19.1 Å². The molecule has 2 heterocycles. The summed E-state index contributed by atoms with van der Waals surface area (Å²) in [6.45, 7) is -1.17. The minimum Gasteiger partial charge on any atom is -0.435 e. The van der Waals surface area contributed by atoms with E-state index in [9.17, 15) is 23.6 Å². The van der Waals surface area contributed by atoms with Crippen molar-refractivity contribution in [1.29, 1.82) is 5.26 Å². The average Bonchev–Trinajstić information content (AvgIpc) is 2.87. The van der Waals surface area contributed by atoms with Crippen molar-refractivity contribution in [1.82, 2.24) is 15.7 Å². The standard InChI is InChI=1S/C25H24BrF2N5O4/c1-15(31-21(34)19-4-2-3-11-30-19)13-24(14-29)7-9-25(10-8-24)20(32-33-23(35)37-25)17-12-16(36-22(27)28)5-6-18(17)26/h2-6,11-12,15,22H,7-10,13H2,1H3,(H,31,34)(H,33,35)/t15-,24?,25?/m0/s1. The molecule has 0 bridgehead atoms. The Bertz CT molecular complexity index is 1240. The SMILES string of the molecule is C[C@@H](CC1(C#N)CCC2(CC1)OC(=O)NN=C2c1cc(OC(F)F)ccc1Br)NC(=O)c1ccccn1.